The Morgan fingerprint density at radius 1 is 1.19 bits per heavy atom. The van der Waals surface area contributed by atoms with Crippen LogP contribution in [0.25, 0.3) is 0 Å². The molecule has 1 heterocycles. The van der Waals surface area contributed by atoms with Crippen molar-refractivity contribution in [1.29, 1.82) is 0 Å². The van der Waals surface area contributed by atoms with E-state index < -0.39 is 0 Å². The highest BCUT2D eigenvalue weighted by Crippen LogP contribution is 2.16. The number of hydrogen-bond acceptors (Lipinski definition) is 3. The predicted octanol–water partition coefficient (Wildman–Crippen LogP) is 4.30. The second-order valence-corrected chi connectivity index (χ2v) is 6.31. The molecule has 1 atom stereocenters. The summed E-state index contributed by atoms with van der Waals surface area (Å²) in [6.45, 7) is 3.21. The average molecular weight is 303 g/mol. The van der Waals surface area contributed by atoms with Gasteiger partial charge in [-0.2, -0.15) is 0 Å². The molecule has 2 nitrogen and oxygen atoms in total. The topological polar surface area (TPSA) is 21.3 Å². The van der Waals surface area contributed by atoms with E-state index in [1.165, 1.54) is 29.7 Å². The molecule has 0 spiro atoms. The van der Waals surface area contributed by atoms with Crippen LogP contribution in [0.15, 0.2) is 41.8 Å². The third-order valence-corrected chi connectivity index (χ3v) is 4.63. The van der Waals surface area contributed by atoms with Gasteiger partial charge in [-0.1, -0.05) is 25.1 Å². The number of nitrogens with one attached hydrogen (secondary N) is 1. The van der Waals surface area contributed by atoms with Gasteiger partial charge in [0.15, 0.2) is 0 Å². The lowest BCUT2D eigenvalue weighted by atomic mass is 10.0. The van der Waals surface area contributed by atoms with Gasteiger partial charge in [0.1, 0.15) is 5.75 Å². The molecule has 0 radical (unpaired) electrons. The molecule has 0 bridgehead atoms. The SMILES string of the molecule is CCNC(CCCc1cccs1)Cc1ccc(OC)cc1. The Morgan fingerprint density at radius 3 is 2.62 bits per heavy atom. The fourth-order valence-corrected chi connectivity index (χ4v) is 3.34. The zero-order chi connectivity index (χ0) is 14.9. The van der Waals surface area contributed by atoms with Gasteiger partial charge in [0, 0.05) is 10.9 Å². The van der Waals surface area contributed by atoms with Crippen LogP contribution in [0.1, 0.15) is 30.2 Å². The van der Waals surface area contributed by atoms with Gasteiger partial charge in [-0.3, -0.25) is 0 Å². The molecule has 0 aliphatic heterocycles. The van der Waals surface area contributed by atoms with Crippen LogP contribution in [0.3, 0.4) is 0 Å². The minimum absolute atomic E-state index is 0.559. The van der Waals surface area contributed by atoms with Crippen LogP contribution < -0.4 is 10.1 Å². The number of aryl methyl sites for hydroxylation is 1. The summed E-state index contributed by atoms with van der Waals surface area (Å²) in [5.74, 6) is 0.927. The Hall–Kier alpha value is -1.32. The van der Waals surface area contributed by atoms with E-state index >= 15 is 0 Å². The molecule has 2 aromatic rings. The summed E-state index contributed by atoms with van der Waals surface area (Å²) in [4.78, 5) is 1.50. The zero-order valence-corrected chi connectivity index (χ0v) is 13.8. The first-order valence-corrected chi connectivity index (χ1v) is 8.58. The van der Waals surface area contributed by atoms with Crippen LogP contribution in [0.4, 0.5) is 0 Å². The van der Waals surface area contributed by atoms with E-state index in [4.69, 9.17) is 4.74 Å². The number of rotatable bonds is 9. The molecule has 0 aliphatic rings. The van der Waals surface area contributed by atoms with Crippen molar-refractivity contribution in [2.24, 2.45) is 0 Å². The summed E-state index contributed by atoms with van der Waals surface area (Å²) >= 11 is 1.86. The molecule has 114 valence electrons. The van der Waals surface area contributed by atoms with Crippen LogP contribution in [-0.4, -0.2) is 19.7 Å². The number of hydrogen-bond donors (Lipinski definition) is 1. The van der Waals surface area contributed by atoms with Crippen molar-refractivity contribution in [3.05, 3.63) is 52.2 Å². The number of ether oxygens (including phenoxy) is 1. The van der Waals surface area contributed by atoms with E-state index in [-0.39, 0.29) is 0 Å². The lowest BCUT2D eigenvalue weighted by Gasteiger charge is -2.18. The van der Waals surface area contributed by atoms with E-state index in [9.17, 15) is 0 Å². The first-order valence-electron chi connectivity index (χ1n) is 7.70. The minimum atomic E-state index is 0.559. The van der Waals surface area contributed by atoms with Gasteiger partial charge >= 0.3 is 0 Å². The number of benzene rings is 1. The smallest absolute Gasteiger partial charge is 0.118 e. The first kappa shape index (κ1) is 16.1. The Bertz CT molecular complexity index is 492. The molecule has 1 N–H and O–H groups in total. The van der Waals surface area contributed by atoms with Crippen molar-refractivity contribution in [1.82, 2.24) is 5.32 Å². The van der Waals surface area contributed by atoms with E-state index in [2.05, 4.69) is 41.9 Å². The summed E-state index contributed by atoms with van der Waals surface area (Å²) in [6.07, 6.45) is 4.75. The van der Waals surface area contributed by atoms with Gasteiger partial charge in [-0.15, -0.1) is 11.3 Å². The molecule has 0 amide bonds. The average Bonchev–Trinajstić information content (AvgIpc) is 3.01. The van der Waals surface area contributed by atoms with E-state index in [0.717, 1.165) is 18.7 Å². The molecule has 0 saturated heterocycles. The van der Waals surface area contributed by atoms with Crippen molar-refractivity contribution >= 4 is 11.3 Å². The Kier molecular flexibility index (Phi) is 6.77. The number of methoxy groups -OCH3 is 1. The van der Waals surface area contributed by atoms with E-state index in [1.54, 1.807) is 7.11 Å². The third-order valence-electron chi connectivity index (χ3n) is 3.69. The van der Waals surface area contributed by atoms with Crippen LogP contribution in [-0.2, 0) is 12.8 Å². The summed E-state index contributed by atoms with van der Waals surface area (Å²) in [7, 11) is 1.71. The highest BCUT2D eigenvalue weighted by Gasteiger charge is 2.09. The van der Waals surface area contributed by atoms with Gasteiger partial charge in [0.2, 0.25) is 0 Å². The lowest BCUT2D eigenvalue weighted by Crippen LogP contribution is -2.31. The first-order chi connectivity index (χ1) is 10.3. The normalized spacial score (nSPS) is 12.3. The third kappa shape index (κ3) is 5.52. The fraction of sp³-hybridized carbons (Fsp3) is 0.444. The largest absolute Gasteiger partial charge is 0.497 e. The maximum absolute atomic E-state index is 5.21. The maximum atomic E-state index is 5.21. The van der Waals surface area contributed by atoms with Crippen LogP contribution in [0.5, 0.6) is 5.75 Å². The standard InChI is InChI=1S/C18H25NOS/c1-3-19-16(6-4-7-18-8-5-13-21-18)14-15-9-11-17(20-2)12-10-15/h5,8-13,16,19H,3-4,6-7,14H2,1-2H3. The van der Waals surface area contributed by atoms with Gasteiger partial charge in [-0.25, -0.2) is 0 Å². The van der Waals surface area contributed by atoms with Crippen molar-refractivity contribution in [2.45, 2.75) is 38.6 Å². The minimum Gasteiger partial charge on any atom is -0.497 e. The molecular weight excluding hydrogens is 278 g/mol. The maximum Gasteiger partial charge on any atom is 0.118 e. The van der Waals surface area contributed by atoms with Crippen LogP contribution in [0, 0.1) is 0 Å². The highest BCUT2D eigenvalue weighted by atomic mass is 32.1. The number of thiophene rings is 1. The predicted molar refractivity (Wildman–Crippen MR) is 91.4 cm³/mol. The fourth-order valence-electron chi connectivity index (χ4n) is 2.59. The summed E-state index contributed by atoms with van der Waals surface area (Å²) in [5.41, 5.74) is 1.37. The van der Waals surface area contributed by atoms with Crippen LogP contribution in [0.2, 0.25) is 0 Å². The molecule has 0 aliphatic carbocycles. The highest BCUT2D eigenvalue weighted by molar-refractivity contribution is 7.09. The summed E-state index contributed by atoms with van der Waals surface area (Å²) < 4.78 is 5.21. The van der Waals surface area contributed by atoms with Crippen molar-refractivity contribution in [3.63, 3.8) is 0 Å². The zero-order valence-electron chi connectivity index (χ0n) is 13.0. The summed E-state index contributed by atoms with van der Waals surface area (Å²) in [6, 6.07) is 13.4. The van der Waals surface area contributed by atoms with Crippen molar-refractivity contribution in [3.8, 4) is 5.75 Å². The molecule has 0 saturated carbocycles. The van der Waals surface area contributed by atoms with Gasteiger partial charge in [-0.05, 0) is 61.4 Å². The van der Waals surface area contributed by atoms with Gasteiger partial charge < -0.3 is 10.1 Å². The lowest BCUT2D eigenvalue weighted by molar-refractivity contribution is 0.414. The van der Waals surface area contributed by atoms with Crippen LogP contribution >= 0.6 is 11.3 Å². The Labute approximate surface area is 132 Å². The number of likely N-dealkylation sites (N-methyl/N-ethyl adjacent to an activating group) is 1. The van der Waals surface area contributed by atoms with E-state index in [0.29, 0.717) is 6.04 Å². The Balaban J connectivity index is 1.82. The second kappa shape index (κ2) is 8.85. The Morgan fingerprint density at radius 2 is 2.00 bits per heavy atom. The second-order valence-electron chi connectivity index (χ2n) is 5.28. The monoisotopic (exact) mass is 303 g/mol. The molecule has 3 heteroatoms. The molecular formula is C18H25NOS. The summed E-state index contributed by atoms with van der Waals surface area (Å²) in [5, 5.41) is 5.77. The molecule has 21 heavy (non-hydrogen) atoms. The quantitative estimate of drug-likeness (QED) is 0.745. The van der Waals surface area contributed by atoms with E-state index in [1.807, 2.05) is 23.5 Å². The molecule has 1 aromatic carbocycles. The molecule has 2 rings (SSSR count). The molecule has 1 unspecified atom stereocenters. The molecule has 1 aromatic heterocycles. The van der Waals surface area contributed by atoms with Crippen molar-refractivity contribution in [2.75, 3.05) is 13.7 Å². The van der Waals surface area contributed by atoms with Gasteiger partial charge in [0.05, 0.1) is 7.11 Å². The van der Waals surface area contributed by atoms with Gasteiger partial charge in [0.25, 0.3) is 0 Å². The van der Waals surface area contributed by atoms with Crippen molar-refractivity contribution < 1.29 is 4.74 Å². The molecule has 0 fully saturated rings.